The summed E-state index contributed by atoms with van der Waals surface area (Å²) in [5, 5.41) is 6.30. The van der Waals surface area contributed by atoms with Gasteiger partial charge >= 0.3 is 12.2 Å². The number of hydrogen-bond acceptors (Lipinski definition) is 4. The molecule has 0 spiro atoms. The molecule has 1 saturated heterocycles. The molecule has 2 aromatic rings. The molecule has 3 N–H and O–H groups in total. The maximum atomic E-state index is 13.9. The van der Waals surface area contributed by atoms with E-state index in [2.05, 4.69) is 10.6 Å². The highest BCUT2D eigenvalue weighted by Gasteiger charge is 2.68. The minimum absolute atomic E-state index is 0.0129. The van der Waals surface area contributed by atoms with Crippen LogP contribution in [0.4, 0.5) is 35.0 Å². The molecule has 28 heavy (non-hydrogen) atoms. The van der Waals surface area contributed by atoms with Crippen molar-refractivity contribution in [2.45, 2.75) is 18.8 Å². The van der Waals surface area contributed by atoms with Gasteiger partial charge in [0.05, 0.1) is 5.69 Å². The highest BCUT2D eigenvalue weighted by Crippen LogP contribution is 2.38. The predicted molar refractivity (Wildman–Crippen MR) is 95.6 cm³/mol. The van der Waals surface area contributed by atoms with Gasteiger partial charge in [-0.05, 0) is 36.4 Å². The molecule has 4 amide bonds. The van der Waals surface area contributed by atoms with Gasteiger partial charge in [-0.15, -0.1) is 0 Å². The van der Waals surface area contributed by atoms with Crippen LogP contribution in [-0.4, -0.2) is 29.7 Å². The average Bonchev–Trinajstić information content (AvgIpc) is 2.88. The molecule has 1 aliphatic heterocycles. The van der Waals surface area contributed by atoms with Gasteiger partial charge in [0.2, 0.25) is 5.91 Å². The van der Waals surface area contributed by atoms with Gasteiger partial charge in [-0.3, -0.25) is 14.9 Å². The van der Waals surface area contributed by atoms with Crippen molar-refractivity contribution in [1.29, 1.82) is 0 Å². The van der Waals surface area contributed by atoms with E-state index in [4.69, 9.17) is 0 Å². The molecule has 1 unspecified atom stereocenters. The second-order valence-electron chi connectivity index (χ2n) is 6.04. The number of para-hydroxylation sites is 1. The minimum atomic E-state index is -5.13. The lowest BCUT2D eigenvalue weighted by molar-refractivity contribution is -0.185. The van der Waals surface area contributed by atoms with Crippen LogP contribution < -0.4 is 20.9 Å². The van der Waals surface area contributed by atoms with Crippen LogP contribution >= 0.6 is 0 Å². The highest BCUT2D eigenvalue weighted by molar-refractivity contribution is 6.24. The first kappa shape index (κ1) is 19.2. The van der Waals surface area contributed by atoms with E-state index < -0.39 is 23.8 Å². The van der Waals surface area contributed by atoms with Crippen LogP contribution in [0.5, 0.6) is 0 Å². The summed E-state index contributed by atoms with van der Waals surface area (Å²) in [6.07, 6.45) is -5.13. The lowest BCUT2D eigenvalue weighted by Gasteiger charge is -2.30. The van der Waals surface area contributed by atoms with Crippen molar-refractivity contribution in [3.63, 3.8) is 0 Å². The number of carbonyl (C=O) groups excluding carboxylic acids is 3. The maximum absolute atomic E-state index is 13.9. The van der Waals surface area contributed by atoms with Gasteiger partial charge in [0.1, 0.15) is 0 Å². The summed E-state index contributed by atoms with van der Waals surface area (Å²) < 4.78 is 41.7. The summed E-state index contributed by atoms with van der Waals surface area (Å²) >= 11 is 0. The third-order valence-electron chi connectivity index (χ3n) is 4.00. The van der Waals surface area contributed by atoms with Crippen LogP contribution in [0.2, 0.25) is 0 Å². The number of benzene rings is 2. The zero-order valence-corrected chi connectivity index (χ0v) is 14.5. The zero-order valence-electron chi connectivity index (χ0n) is 14.5. The zero-order chi connectivity index (χ0) is 20.5. The predicted octanol–water partition coefficient (Wildman–Crippen LogP) is 3.07. The number of rotatable bonds is 4. The van der Waals surface area contributed by atoms with Gasteiger partial charge < -0.3 is 10.6 Å². The van der Waals surface area contributed by atoms with Crippen molar-refractivity contribution in [2.75, 3.05) is 15.5 Å². The number of nitrogens with one attached hydrogen (secondary N) is 3. The molecule has 3 rings (SSSR count). The van der Waals surface area contributed by atoms with Crippen molar-refractivity contribution in [2.24, 2.45) is 0 Å². The summed E-state index contributed by atoms with van der Waals surface area (Å²) in [6, 6.07) is 11.3. The van der Waals surface area contributed by atoms with E-state index in [9.17, 15) is 27.6 Å². The Hall–Kier alpha value is -3.56. The fourth-order valence-corrected chi connectivity index (χ4v) is 2.75. The lowest BCUT2D eigenvalue weighted by Crippen LogP contribution is -2.64. The lowest BCUT2D eigenvalue weighted by atomic mass is 10.1. The van der Waals surface area contributed by atoms with Crippen molar-refractivity contribution in [3.05, 3.63) is 54.6 Å². The van der Waals surface area contributed by atoms with Gasteiger partial charge in [-0.25, -0.2) is 9.69 Å². The normalized spacial score (nSPS) is 19.4. The molecule has 1 aliphatic rings. The van der Waals surface area contributed by atoms with Crippen LogP contribution in [0.3, 0.4) is 0 Å². The number of carbonyl (C=O) groups is 3. The third kappa shape index (κ3) is 3.36. The molecule has 0 bridgehead atoms. The summed E-state index contributed by atoms with van der Waals surface area (Å²) in [4.78, 5) is 36.4. The van der Waals surface area contributed by atoms with Gasteiger partial charge in [0.25, 0.3) is 11.6 Å². The van der Waals surface area contributed by atoms with E-state index in [0.29, 0.717) is 10.6 Å². The molecule has 2 aromatic carbocycles. The molecule has 7 nitrogen and oxygen atoms in total. The fourth-order valence-electron chi connectivity index (χ4n) is 2.75. The Balaban J connectivity index is 1.95. The van der Waals surface area contributed by atoms with Crippen LogP contribution in [0.1, 0.15) is 6.92 Å². The second kappa shape index (κ2) is 6.87. The molecule has 10 heteroatoms. The molecule has 1 atom stereocenters. The van der Waals surface area contributed by atoms with E-state index in [1.54, 1.807) is 11.4 Å². The maximum Gasteiger partial charge on any atom is 0.440 e. The molecule has 1 fully saturated rings. The summed E-state index contributed by atoms with van der Waals surface area (Å²) in [5.74, 6) is -1.84. The summed E-state index contributed by atoms with van der Waals surface area (Å²) in [7, 11) is 0. The van der Waals surface area contributed by atoms with Crippen LogP contribution in [0.15, 0.2) is 54.6 Å². The molecule has 0 radical (unpaired) electrons. The topological polar surface area (TPSA) is 90.5 Å². The fraction of sp³-hybridized carbons (Fsp3) is 0.167. The van der Waals surface area contributed by atoms with Crippen molar-refractivity contribution < 1.29 is 27.6 Å². The van der Waals surface area contributed by atoms with Gasteiger partial charge in [0.15, 0.2) is 0 Å². The van der Waals surface area contributed by atoms with Crippen molar-refractivity contribution in [3.8, 4) is 0 Å². The number of hydrogen-bond donors (Lipinski definition) is 3. The Morgan fingerprint density at radius 1 is 1.00 bits per heavy atom. The molecule has 1 heterocycles. The highest BCUT2D eigenvalue weighted by atomic mass is 19.4. The number of imide groups is 1. The first-order chi connectivity index (χ1) is 13.1. The largest absolute Gasteiger partial charge is 0.440 e. The van der Waals surface area contributed by atoms with E-state index in [0.717, 1.165) is 0 Å². The third-order valence-corrected chi connectivity index (χ3v) is 4.00. The van der Waals surface area contributed by atoms with Gasteiger partial charge in [0, 0.05) is 18.3 Å². The molecule has 146 valence electrons. The Kier molecular flexibility index (Phi) is 4.72. The Bertz CT molecular complexity index is 916. The molecular formula is C18H15F3N4O3. The Morgan fingerprint density at radius 2 is 1.57 bits per heavy atom. The Morgan fingerprint density at radius 3 is 2.11 bits per heavy atom. The SMILES string of the molecule is CC(=O)Nc1ccc(NC2(C(F)(F)F)NC(=O)N(c3ccccc3)C2=O)cc1. The van der Waals surface area contributed by atoms with E-state index in [1.807, 2.05) is 0 Å². The van der Waals surface area contributed by atoms with Crippen LogP contribution in [-0.2, 0) is 9.59 Å². The summed E-state index contributed by atoms with van der Waals surface area (Å²) in [6.45, 7) is 1.29. The minimum Gasteiger partial charge on any atom is -0.347 e. The number of anilines is 3. The number of halogens is 3. The molecular weight excluding hydrogens is 377 g/mol. The monoisotopic (exact) mass is 392 g/mol. The summed E-state index contributed by atoms with van der Waals surface area (Å²) in [5.41, 5.74) is -3.02. The number of alkyl halides is 3. The second-order valence-corrected chi connectivity index (χ2v) is 6.04. The standard InChI is InChI=1S/C18H15F3N4O3/c1-11(26)22-12-7-9-13(10-8-12)23-17(18(19,20)21)15(27)25(16(28)24-17)14-5-3-2-4-6-14/h2-10,23H,1H3,(H,22,26)(H,24,28). The first-order valence-electron chi connectivity index (χ1n) is 8.08. The quantitative estimate of drug-likeness (QED) is 0.698. The molecule has 0 aromatic heterocycles. The molecule has 0 aliphatic carbocycles. The van der Waals surface area contributed by atoms with E-state index in [1.165, 1.54) is 55.5 Å². The number of nitrogens with zero attached hydrogens (tertiary/aromatic N) is 1. The first-order valence-corrected chi connectivity index (χ1v) is 8.08. The smallest absolute Gasteiger partial charge is 0.347 e. The average molecular weight is 392 g/mol. The van der Waals surface area contributed by atoms with E-state index in [-0.39, 0.29) is 17.3 Å². The molecule has 0 saturated carbocycles. The van der Waals surface area contributed by atoms with Crippen LogP contribution in [0, 0.1) is 0 Å². The van der Waals surface area contributed by atoms with Crippen molar-refractivity contribution >= 4 is 34.9 Å². The number of urea groups is 1. The van der Waals surface area contributed by atoms with Gasteiger partial charge in [-0.2, -0.15) is 13.2 Å². The Labute approximate surface area is 157 Å². The van der Waals surface area contributed by atoms with Crippen molar-refractivity contribution in [1.82, 2.24) is 5.32 Å². The van der Waals surface area contributed by atoms with E-state index >= 15 is 0 Å². The van der Waals surface area contributed by atoms with Gasteiger partial charge in [-0.1, -0.05) is 18.2 Å². The number of amides is 4. The van der Waals surface area contributed by atoms with Crippen LogP contribution in [0.25, 0.3) is 0 Å².